The average molecular weight is 589 g/mol. The van der Waals surface area contributed by atoms with Crippen LogP contribution in [0.1, 0.15) is 63.1 Å². The van der Waals surface area contributed by atoms with Crippen molar-refractivity contribution < 1.29 is 23.9 Å². The number of hydrogen-bond acceptors (Lipinski definition) is 5. The van der Waals surface area contributed by atoms with E-state index in [1.807, 2.05) is 45.0 Å². The van der Waals surface area contributed by atoms with Crippen LogP contribution in [0.15, 0.2) is 97.1 Å². The Labute approximate surface area is 257 Å². The summed E-state index contributed by atoms with van der Waals surface area (Å²) in [7, 11) is 0. The summed E-state index contributed by atoms with van der Waals surface area (Å²) < 4.78 is 5.49. The van der Waals surface area contributed by atoms with Gasteiger partial charge in [0.25, 0.3) is 5.91 Å². The molecule has 2 atom stereocenters. The normalized spacial score (nSPS) is 16.1. The summed E-state index contributed by atoms with van der Waals surface area (Å²) in [5.74, 6) is -3.58. The van der Waals surface area contributed by atoms with Gasteiger partial charge in [-0.1, -0.05) is 79.1 Å². The molecule has 4 aromatic rings. The van der Waals surface area contributed by atoms with Gasteiger partial charge in [-0.15, -0.1) is 0 Å². The van der Waals surface area contributed by atoms with Gasteiger partial charge in [-0.3, -0.25) is 19.3 Å². The zero-order valence-electron chi connectivity index (χ0n) is 25.2. The third-order valence-corrected chi connectivity index (χ3v) is 8.13. The Hall–Kier alpha value is -5.04. The first-order chi connectivity index (χ1) is 21.2. The number of nitrogens with zero attached hydrogens (tertiary/aromatic N) is 1. The highest BCUT2D eigenvalue weighted by Crippen LogP contribution is 2.35. The molecule has 0 spiro atoms. The zero-order valence-corrected chi connectivity index (χ0v) is 25.2. The van der Waals surface area contributed by atoms with Crippen LogP contribution in [0.2, 0.25) is 0 Å². The molecule has 1 aliphatic carbocycles. The van der Waals surface area contributed by atoms with Gasteiger partial charge in [-0.25, -0.2) is 4.79 Å². The van der Waals surface area contributed by atoms with Crippen molar-refractivity contribution in [1.82, 2.24) is 0 Å². The van der Waals surface area contributed by atoms with Gasteiger partial charge in [0.15, 0.2) is 0 Å². The molecule has 1 N–H and O–H groups in total. The number of hydrogen-bond donors (Lipinski definition) is 1. The first-order valence-electron chi connectivity index (χ1n) is 14.9. The van der Waals surface area contributed by atoms with Gasteiger partial charge in [-0.05, 0) is 81.1 Å². The van der Waals surface area contributed by atoms with Crippen LogP contribution in [0.3, 0.4) is 0 Å². The van der Waals surface area contributed by atoms with Gasteiger partial charge in [-0.2, -0.15) is 0 Å². The van der Waals surface area contributed by atoms with Gasteiger partial charge in [0, 0.05) is 16.9 Å². The lowest BCUT2D eigenvalue weighted by Crippen LogP contribution is -2.38. The summed E-state index contributed by atoms with van der Waals surface area (Å²) in [6.45, 7) is 5.89. The monoisotopic (exact) mass is 588 g/mol. The molecule has 44 heavy (non-hydrogen) atoms. The van der Waals surface area contributed by atoms with E-state index < -0.39 is 23.8 Å². The predicted molar refractivity (Wildman–Crippen MR) is 171 cm³/mol. The van der Waals surface area contributed by atoms with Crippen LogP contribution >= 0.6 is 0 Å². The van der Waals surface area contributed by atoms with E-state index in [0.717, 1.165) is 35.2 Å². The lowest BCUT2D eigenvalue weighted by Gasteiger charge is -2.29. The number of benzene rings is 4. The number of carbonyl (C=O) groups is 4. The second-order valence-corrected chi connectivity index (χ2v) is 11.3. The Bertz CT molecular complexity index is 1660. The van der Waals surface area contributed by atoms with Crippen molar-refractivity contribution in [2.45, 2.75) is 46.5 Å². The van der Waals surface area contributed by atoms with Crippen molar-refractivity contribution in [3.05, 3.63) is 125 Å². The fraction of sp³-hybridized carbons (Fsp3) is 0.243. The number of esters is 2. The predicted octanol–water partition coefficient (Wildman–Crippen LogP) is 7.72. The Morgan fingerprint density at radius 3 is 1.95 bits per heavy atom. The number of anilines is 3. The molecule has 1 fully saturated rings. The van der Waals surface area contributed by atoms with Crippen LogP contribution in [-0.4, -0.2) is 23.8 Å². The van der Waals surface area contributed by atoms with Crippen LogP contribution in [0, 0.1) is 32.6 Å². The minimum atomic E-state index is -0.873. The number of carbonyl (C=O) groups excluding carboxylic acids is 4. The number of aryl methyl sites for hydroxylation is 3. The van der Waals surface area contributed by atoms with Gasteiger partial charge in [0.05, 0.1) is 23.1 Å². The average Bonchev–Trinajstić information content (AvgIpc) is 3.04. The maximum atomic E-state index is 13.8. The van der Waals surface area contributed by atoms with E-state index in [-0.39, 0.29) is 23.1 Å². The molecule has 224 valence electrons. The van der Waals surface area contributed by atoms with Gasteiger partial charge in [0.2, 0.25) is 5.91 Å². The third-order valence-electron chi connectivity index (χ3n) is 8.13. The molecule has 0 aliphatic heterocycles. The van der Waals surface area contributed by atoms with Crippen molar-refractivity contribution in [3.8, 4) is 0 Å². The molecule has 5 rings (SSSR count). The van der Waals surface area contributed by atoms with Crippen LogP contribution in [0.4, 0.5) is 17.1 Å². The highest BCUT2D eigenvalue weighted by atomic mass is 16.6. The summed E-state index contributed by atoms with van der Waals surface area (Å²) in [6.07, 6.45) is 2.52. The summed E-state index contributed by atoms with van der Waals surface area (Å²) >= 11 is 0. The molecule has 7 nitrogen and oxygen atoms in total. The van der Waals surface area contributed by atoms with Crippen LogP contribution in [-0.2, 0) is 14.3 Å². The minimum Gasteiger partial charge on any atom is -0.389 e. The highest BCUT2D eigenvalue weighted by Gasteiger charge is 2.38. The first-order valence-corrected chi connectivity index (χ1v) is 14.9. The molecule has 1 aliphatic rings. The molecule has 7 heteroatoms. The zero-order chi connectivity index (χ0) is 31.2. The smallest absolute Gasteiger partial charge is 0.347 e. The second-order valence-electron chi connectivity index (χ2n) is 11.3. The van der Waals surface area contributed by atoms with Crippen molar-refractivity contribution in [3.63, 3.8) is 0 Å². The molecule has 0 aromatic heterocycles. The Kier molecular flexibility index (Phi) is 9.34. The molecular formula is C37H36N2O5. The highest BCUT2D eigenvalue weighted by molar-refractivity contribution is 6.14. The first kappa shape index (κ1) is 30.4. The molecule has 0 bridgehead atoms. The molecule has 0 saturated heterocycles. The Balaban J connectivity index is 1.40. The fourth-order valence-corrected chi connectivity index (χ4v) is 6.04. The summed E-state index contributed by atoms with van der Waals surface area (Å²) in [6, 6.07) is 28.3. The lowest BCUT2D eigenvalue weighted by molar-refractivity contribution is -0.148. The Morgan fingerprint density at radius 1 is 0.727 bits per heavy atom. The fourth-order valence-electron chi connectivity index (χ4n) is 6.04. The van der Waals surface area contributed by atoms with Gasteiger partial charge in [0.1, 0.15) is 0 Å². The number of amides is 2. The van der Waals surface area contributed by atoms with E-state index in [9.17, 15) is 19.2 Å². The van der Waals surface area contributed by atoms with E-state index in [1.165, 1.54) is 11.0 Å². The van der Waals surface area contributed by atoms with Crippen molar-refractivity contribution in [2.75, 3.05) is 10.2 Å². The van der Waals surface area contributed by atoms with Gasteiger partial charge >= 0.3 is 11.9 Å². The summed E-state index contributed by atoms with van der Waals surface area (Å²) in [4.78, 5) is 55.9. The summed E-state index contributed by atoms with van der Waals surface area (Å²) in [5.41, 5.74) is 5.09. The minimum absolute atomic E-state index is 0.0664. The molecule has 0 heterocycles. The van der Waals surface area contributed by atoms with Crippen molar-refractivity contribution >= 4 is 40.8 Å². The van der Waals surface area contributed by atoms with E-state index in [0.29, 0.717) is 24.1 Å². The maximum Gasteiger partial charge on any atom is 0.347 e. The molecule has 0 radical (unpaired) electrons. The maximum absolute atomic E-state index is 13.8. The van der Waals surface area contributed by atoms with E-state index in [4.69, 9.17) is 4.74 Å². The molecule has 1 saturated carbocycles. The number of ether oxygens (including phenoxy) is 1. The van der Waals surface area contributed by atoms with Crippen molar-refractivity contribution in [2.24, 2.45) is 11.8 Å². The lowest BCUT2D eigenvalue weighted by atomic mass is 9.78. The van der Waals surface area contributed by atoms with E-state index >= 15 is 0 Å². The number of rotatable bonds is 7. The van der Waals surface area contributed by atoms with Gasteiger partial charge < -0.3 is 10.1 Å². The second kappa shape index (κ2) is 13.5. The molecule has 4 aromatic carbocycles. The van der Waals surface area contributed by atoms with Crippen molar-refractivity contribution in [1.29, 1.82) is 0 Å². The summed E-state index contributed by atoms with van der Waals surface area (Å²) in [5, 5.41) is 3.04. The SMILES string of the molecule is Cc1cc(C)c(NC(=O)C2CCCCC2C(=O)OC(=O)c2ccccc2N(C(=O)c2ccccc2)c2ccccc2)c(C)c1. The third kappa shape index (κ3) is 6.62. The molecular weight excluding hydrogens is 552 g/mol. The number of nitrogens with one attached hydrogen (secondary N) is 1. The van der Waals surface area contributed by atoms with E-state index in [2.05, 4.69) is 5.32 Å². The standard InChI is InChI=1S/C37H36N2O5/c1-24-22-25(2)33(26(3)23-24)38-34(40)29-18-10-11-19-30(29)36(42)44-37(43)31-20-12-13-21-32(31)39(28-16-8-5-9-17-28)35(41)27-14-6-4-7-15-27/h4-9,12-17,20-23,29-30H,10-11,18-19H2,1-3H3,(H,38,40). The van der Waals surface area contributed by atoms with Crippen LogP contribution in [0.25, 0.3) is 0 Å². The largest absolute Gasteiger partial charge is 0.389 e. The van der Waals surface area contributed by atoms with Crippen LogP contribution in [0.5, 0.6) is 0 Å². The quantitative estimate of drug-likeness (QED) is 0.176. The number of para-hydroxylation sites is 2. The molecule has 2 unspecified atom stereocenters. The topological polar surface area (TPSA) is 92.8 Å². The van der Waals surface area contributed by atoms with Crippen LogP contribution < -0.4 is 10.2 Å². The Morgan fingerprint density at radius 2 is 1.30 bits per heavy atom. The van der Waals surface area contributed by atoms with E-state index in [1.54, 1.807) is 66.7 Å². The molecule has 2 amide bonds.